The van der Waals surface area contributed by atoms with E-state index in [1.165, 1.54) is 6.21 Å². The largest absolute Gasteiger partial charge is 0.485 e. The molecule has 0 spiro atoms. The summed E-state index contributed by atoms with van der Waals surface area (Å²) in [7, 11) is 0. The smallest absolute Gasteiger partial charge is 0.284 e. The summed E-state index contributed by atoms with van der Waals surface area (Å²) in [5.41, 5.74) is 3.26. The number of hydrogen-bond donors (Lipinski definition) is 1. The summed E-state index contributed by atoms with van der Waals surface area (Å²) < 4.78 is 11.5. The second-order valence-corrected chi connectivity index (χ2v) is 5.58. The van der Waals surface area contributed by atoms with Gasteiger partial charge in [-0.3, -0.25) is 9.78 Å². The SMILES string of the molecule is O=C(N/N=C/c1cccnc1)[C@H]1COc2cc3ccccc3cc2O1. The van der Waals surface area contributed by atoms with Crippen LogP contribution in [0.4, 0.5) is 0 Å². The molecule has 0 radical (unpaired) electrons. The Morgan fingerprint density at radius 3 is 2.72 bits per heavy atom. The summed E-state index contributed by atoms with van der Waals surface area (Å²) in [5.74, 6) is 0.835. The second kappa shape index (κ2) is 6.60. The molecule has 0 fully saturated rings. The molecule has 0 saturated heterocycles. The number of carbonyl (C=O) groups is 1. The molecular formula is C19H15N3O3. The lowest BCUT2D eigenvalue weighted by Crippen LogP contribution is -2.42. The molecule has 0 bridgehead atoms. The molecule has 2 aromatic carbocycles. The lowest BCUT2D eigenvalue weighted by atomic mass is 10.1. The first-order chi connectivity index (χ1) is 12.3. The number of rotatable bonds is 3. The van der Waals surface area contributed by atoms with E-state index in [4.69, 9.17) is 9.47 Å². The Morgan fingerprint density at radius 1 is 1.16 bits per heavy atom. The van der Waals surface area contributed by atoms with Gasteiger partial charge in [0, 0.05) is 18.0 Å². The topological polar surface area (TPSA) is 72.8 Å². The molecule has 0 saturated carbocycles. The number of hydrogen-bond acceptors (Lipinski definition) is 5. The van der Waals surface area contributed by atoms with Crippen LogP contribution >= 0.6 is 0 Å². The van der Waals surface area contributed by atoms with Crippen molar-refractivity contribution < 1.29 is 14.3 Å². The molecule has 6 heteroatoms. The zero-order chi connectivity index (χ0) is 17.1. The average Bonchev–Trinajstić information content (AvgIpc) is 2.66. The fourth-order valence-electron chi connectivity index (χ4n) is 2.58. The second-order valence-electron chi connectivity index (χ2n) is 5.58. The fourth-order valence-corrected chi connectivity index (χ4v) is 2.58. The standard InChI is InChI=1S/C19H15N3O3/c23-19(22-21-11-13-4-3-7-20-10-13)18-12-24-16-8-14-5-1-2-6-15(14)9-17(16)25-18/h1-11,18H,12H2,(H,22,23)/b21-11+/t18-/m1/s1. The quantitative estimate of drug-likeness (QED) is 0.590. The normalized spacial score (nSPS) is 16.1. The van der Waals surface area contributed by atoms with Crippen molar-refractivity contribution >= 4 is 22.9 Å². The first kappa shape index (κ1) is 15.1. The maximum absolute atomic E-state index is 12.2. The van der Waals surface area contributed by atoms with Gasteiger partial charge in [0.2, 0.25) is 6.10 Å². The van der Waals surface area contributed by atoms with E-state index in [1.807, 2.05) is 42.5 Å². The molecule has 4 rings (SSSR count). The summed E-state index contributed by atoms with van der Waals surface area (Å²) in [4.78, 5) is 16.2. The number of carbonyl (C=O) groups excluding carboxylic acids is 1. The molecule has 0 unspecified atom stereocenters. The maximum atomic E-state index is 12.2. The number of amides is 1. The van der Waals surface area contributed by atoms with Crippen LogP contribution in [0.5, 0.6) is 11.5 Å². The molecular weight excluding hydrogens is 318 g/mol. The van der Waals surface area contributed by atoms with E-state index >= 15 is 0 Å². The van der Waals surface area contributed by atoms with E-state index in [9.17, 15) is 4.79 Å². The Kier molecular flexibility index (Phi) is 4.00. The number of ether oxygens (including phenoxy) is 2. The van der Waals surface area contributed by atoms with E-state index in [-0.39, 0.29) is 12.5 Å². The van der Waals surface area contributed by atoms with Crippen molar-refractivity contribution in [3.8, 4) is 11.5 Å². The van der Waals surface area contributed by atoms with Gasteiger partial charge in [-0.05, 0) is 29.0 Å². The number of nitrogens with zero attached hydrogens (tertiary/aromatic N) is 2. The van der Waals surface area contributed by atoms with Crippen molar-refractivity contribution in [1.82, 2.24) is 10.4 Å². The molecule has 2 heterocycles. The minimum atomic E-state index is -0.750. The number of aromatic nitrogens is 1. The maximum Gasteiger partial charge on any atom is 0.284 e. The van der Waals surface area contributed by atoms with Crippen molar-refractivity contribution in [3.05, 3.63) is 66.5 Å². The van der Waals surface area contributed by atoms with Gasteiger partial charge >= 0.3 is 0 Å². The number of benzene rings is 2. The van der Waals surface area contributed by atoms with E-state index in [2.05, 4.69) is 15.5 Å². The van der Waals surface area contributed by atoms with E-state index in [1.54, 1.807) is 18.5 Å². The molecule has 1 amide bonds. The minimum Gasteiger partial charge on any atom is -0.485 e. The molecule has 0 aliphatic carbocycles. The lowest BCUT2D eigenvalue weighted by molar-refractivity contribution is -0.130. The Morgan fingerprint density at radius 2 is 1.96 bits per heavy atom. The van der Waals surface area contributed by atoms with Crippen LogP contribution in [0.25, 0.3) is 10.8 Å². The predicted octanol–water partition coefficient (Wildman–Crippen LogP) is 2.52. The Bertz CT molecular complexity index is 941. The van der Waals surface area contributed by atoms with Gasteiger partial charge in [0.15, 0.2) is 11.5 Å². The van der Waals surface area contributed by atoms with E-state index in [0.717, 1.165) is 16.3 Å². The highest BCUT2D eigenvalue weighted by Gasteiger charge is 2.27. The Balaban J connectivity index is 1.45. The van der Waals surface area contributed by atoms with Crippen LogP contribution in [0.15, 0.2) is 66.0 Å². The van der Waals surface area contributed by atoms with Gasteiger partial charge in [0.25, 0.3) is 5.91 Å². The monoisotopic (exact) mass is 333 g/mol. The first-order valence-electron chi connectivity index (χ1n) is 7.85. The number of hydrazone groups is 1. The van der Waals surface area contributed by atoms with Gasteiger partial charge in [0.05, 0.1) is 6.21 Å². The predicted molar refractivity (Wildman–Crippen MR) is 93.8 cm³/mol. The van der Waals surface area contributed by atoms with Gasteiger partial charge in [0.1, 0.15) is 6.61 Å². The molecule has 6 nitrogen and oxygen atoms in total. The molecule has 1 aromatic heterocycles. The molecule has 3 aromatic rings. The summed E-state index contributed by atoms with van der Waals surface area (Å²) in [6.45, 7) is 0.138. The van der Waals surface area contributed by atoms with Crippen LogP contribution in [0.2, 0.25) is 0 Å². The van der Waals surface area contributed by atoms with Crippen molar-refractivity contribution in [2.45, 2.75) is 6.10 Å². The third-order valence-electron chi connectivity index (χ3n) is 3.84. The molecule has 25 heavy (non-hydrogen) atoms. The highest BCUT2D eigenvalue weighted by Crippen LogP contribution is 2.35. The molecule has 1 aliphatic heterocycles. The van der Waals surface area contributed by atoms with Crippen molar-refractivity contribution in [2.24, 2.45) is 5.10 Å². The fraction of sp³-hybridized carbons (Fsp3) is 0.105. The van der Waals surface area contributed by atoms with Crippen molar-refractivity contribution in [3.63, 3.8) is 0 Å². The third-order valence-corrected chi connectivity index (χ3v) is 3.84. The van der Waals surface area contributed by atoms with Crippen LogP contribution in [-0.2, 0) is 4.79 Å². The molecule has 124 valence electrons. The zero-order valence-electron chi connectivity index (χ0n) is 13.3. The number of pyridine rings is 1. The van der Waals surface area contributed by atoms with Crippen molar-refractivity contribution in [2.75, 3.05) is 6.61 Å². The molecule has 1 N–H and O–H groups in total. The van der Waals surface area contributed by atoms with Gasteiger partial charge in [-0.15, -0.1) is 0 Å². The van der Waals surface area contributed by atoms with Crippen LogP contribution in [0.1, 0.15) is 5.56 Å². The number of nitrogens with one attached hydrogen (secondary N) is 1. The molecule has 1 aliphatic rings. The van der Waals surface area contributed by atoms with Gasteiger partial charge in [-0.2, -0.15) is 5.10 Å². The lowest BCUT2D eigenvalue weighted by Gasteiger charge is -2.25. The van der Waals surface area contributed by atoms with Gasteiger partial charge < -0.3 is 9.47 Å². The van der Waals surface area contributed by atoms with Crippen LogP contribution in [0, 0.1) is 0 Å². The van der Waals surface area contributed by atoms with E-state index < -0.39 is 6.10 Å². The van der Waals surface area contributed by atoms with Crippen LogP contribution < -0.4 is 14.9 Å². The van der Waals surface area contributed by atoms with Crippen LogP contribution in [-0.4, -0.2) is 29.8 Å². The summed E-state index contributed by atoms with van der Waals surface area (Å²) in [6.07, 6.45) is 4.09. The van der Waals surface area contributed by atoms with Gasteiger partial charge in [-0.1, -0.05) is 30.3 Å². The molecule has 1 atom stereocenters. The van der Waals surface area contributed by atoms with Gasteiger partial charge in [-0.25, -0.2) is 5.43 Å². The van der Waals surface area contributed by atoms with Crippen molar-refractivity contribution in [1.29, 1.82) is 0 Å². The Hall–Kier alpha value is -3.41. The van der Waals surface area contributed by atoms with Crippen LogP contribution in [0.3, 0.4) is 0 Å². The summed E-state index contributed by atoms with van der Waals surface area (Å²) >= 11 is 0. The zero-order valence-corrected chi connectivity index (χ0v) is 13.3. The average molecular weight is 333 g/mol. The van der Waals surface area contributed by atoms with E-state index in [0.29, 0.717) is 11.5 Å². The highest BCUT2D eigenvalue weighted by molar-refractivity contribution is 5.87. The summed E-state index contributed by atoms with van der Waals surface area (Å²) in [5, 5.41) is 6.01. The number of fused-ring (bicyclic) bond motifs is 2. The minimum absolute atomic E-state index is 0.138. The third kappa shape index (κ3) is 3.28. The summed E-state index contributed by atoms with van der Waals surface area (Å²) in [6, 6.07) is 15.3. The first-order valence-corrected chi connectivity index (χ1v) is 7.85. The highest BCUT2D eigenvalue weighted by atomic mass is 16.6. The Labute approximate surface area is 144 Å².